The Balaban J connectivity index is 1.94. The number of aryl methyl sites for hydroxylation is 2. The molecule has 6 heteroatoms. The van der Waals surface area contributed by atoms with Crippen molar-refractivity contribution in [1.29, 1.82) is 0 Å². The lowest BCUT2D eigenvalue weighted by molar-refractivity contribution is 0.0952. The lowest BCUT2D eigenvalue weighted by Crippen LogP contribution is -2.26. The number of nitrogens with one attached hydrogen (secondary N) is 1. The Morgan fingerprint density at radius 2 is 2.12 bits per heavy atom. The van der Waals surface area contributed by atoms with E-state index in [0.717, 1.165) is 16.0 Å². The van der Waals surface area contributed by atoms with Crippen LogP contribution in [-0.4, -0.2) is 10.5 Å². The summed E-state index contributed by atoms with van der Waals surface area (Å²) in [7, 11) is 0. The van der Waals surface area contributed by atoms with Gasteiger partial charge in [-0.3, -0.25) is 9.59 Å². The van der Waals surface area contributed by atoms with Gasteiger partial charge in [-0.05, 0) is 37.1 Å². The topological polar surface area (TPSA) is 51.1 Å². The first-order valence-corrected chi connectivity index (χ1v) is 8.98. The van der Waals surface area contributed by atoms with Crippen LogP contribution < -0.4 is 10.9 Å². The van der Waals surface area contributed by atoms with Crippen LogP contribution >= 0.6 is 11.3 Å². The highest BCUT2D eigenvalue weighted by Crippen LogP contribution is 2.28. The molecule has 4 nitrogen and oxygen atoms in total. The number of amides is 1. The van der Waals surface area contributed by atoms with Crippen LogP contribution in [0.4, 0.5) is 4.39 Å². The molecule has 0 saturated carbocycles. The lowest BCUT2D eigenvalue weighted by atomic mass is 10.1. The molecule has 3 aromatic rings. The largest absolute Gasteiger partial charge is 0.348 e. The van der Waals surface area contributed by atoms with E-state index in [1.165, 1.54) is 23.5 Å². The molecule has 0 unspecified atom stereocenters. The fourth-order valence-electron chi connectivity index (χ4n) is 2.87. The van der Waals surface area contributed by atoms with Gasteiger partial charge < -0.3 is 9.88 Å². The number of halogens is 1. The zero-order valence-corrected chi connectivity index (χ0v) is 15.0. The Morgan fingerprint density at radius 3 is 2.84 bits per heavy atom. The molecule has 2 heterocycles. The zero-order valence-electron chi connectivity index (χ0n) is 14.1. The average Bonchev–Trinajstić information content (AvgIpc) is 2.92. The van der Waals surface area contributed by atoms with Crippen LogP contribution in [0, 0.1) is 12.7 Å². The number of aromatic nitrogens is 1. The van der Waals surface area contributed by atoms with Crippen molar-refractivity contribution >= 4 is 27.3 Å². The van der Waals surface area contributed by atoms with Gasteiger partial charge in [0.15, 0.2) is 0 Å². The van der Waals surface area contributed by atoms with E-state index in [1.54, 1.807) is 22.9 Å². The first-order valence-electron chi connectivity index (χ1n) is 8.16. The van der Waals surface area contributed by atoms with Gasteiger partial charge in [0, 0.05) is 28.9 Å². The Kier molecular flexibility index (Phi) is 4.99. The minimum atomic E-state index is -0.341. The molecule has 25 heavy (non-hydrogen) atoms. The third kappa shape index (κ3) is 3.49. The SMILES string of the molecule is CCCn1ccc2sc(C)c(C(=O)NCc3cccc(F)c3)c2c1=O. The van der Waals surface area contributed by atoms with Crippen molar-refractivity contribution < 1.29 is 9.18 Å². The Bertz CT molecular complexity index is 991. The summed E-state index contributed by atoms with van der Waals surface area (Å²) in [6.07, 6.45) is 2.62. The quantitative estimate of drug-likeness (QED) is 0.753. The van der Waals surface area contributed by atoms with Gasteiger partial charge >= 0.3 is 0 Å². The summed E-state index contributed by atoms with van der Waals surface area (Å²) in [4.78, 5) is 26.2. The monoisotopic (exact) mass is 358 g/mol. The van der Waals surface area contributed by atoms with E-state index in [1.807, 2.05) is 19.9 Å². The van der Waals surface area contributed by atoms with Crippen LogP contribution in [0.15, 0.2) is 41.3 Å². The molecule has 0 aliphatic carbocycles. The number of fused-ring (bicyclic) bond motifs is 1. The fraction of sp³-hybridized carbons (Fsp3) is 0.263. The molecule has 0 radical (unpaired) electrons. The molecule has 0 aliphatic heterocycles. The number of pyridine rings is 1. The fourth-order valence-corrected chi connectivity index (χ4v) is 3.92. The van der Waals surface area contributed by atoms with E-state index in [4.69, 9.17) is 0 Å². The molecule has 0 fully saturated rings. The molecule has 0 saturated heterocycles. The number of nitrogens with zero attached hydrogens (tertiary/aromatic N) is 1. The van der Waals surface area contributed by atoms with Gasteiger partial charge in [0.25, 0.3) is 11.5 Å². The van der Waals surface area contributed by atoms with Crippen molar-refractivity contribution in [1.82, 2.24) is 9.88 Å². The highest BCUT2D eigenvalue weighted by Gasteiger charge is 2.19. The third-order valence-corrected chi connectivity index (χ3v) is 5.10. The van der Waals surface area contributed by atoms with Gasteiger partial charge in [-0.2, -0.15) is 0 Å². The Morgan fingerprint density at radius 1 is 1.32 bits per heavy atom. The smallest absolute Gasteiger partial charge is 0.260 e. The standard InChI is InChI=1S/C19H19FN2O2S/c1-3-8-22-9-7-15-17(19(22)24)16(12(2)25-15)18(23)21-11-13-5-4-6-14(20)10-13/h4-7,9-10H,3,8,11H2,1-2H3,(H,21,23). The molecule has 1 N–H and O–H groups in total. The van der Waals surface area contributed by atoms with Gasteiger partial charge in [0.05, 0.1) is 10.9 Å². The van der Waals surface area contributed by atoms with Gasteiger partial charge in [-0.25, -0.2) is 4.39 Å². The predicted octanol–water partition coefficient (Wildman–Crippen LogP) is 3.85. The van der Waals surface area contributed by atoms with Gasteiger partial charge in [-0.15, -0.1) is 11.3 Å². The summed E-state index contributed by atoms with van der Waals surface area (Å²) in [6.45, 7) is 4.67. The van der Waals surface area contributed by atoms with E-state index >= 15 is 0 Å². The highest BCUT2D eigenvalue weighted by molar-refractivity contribution is 7.19. The number of rotatable bonds is 5. The number of thiophene rings is 1. The maximum Gasteiger partial charge on any atom is 0.260 e. The highest BCUT2D eigenvalue weighted by atomic mass is 32.1. The van der Waals surface area contributed by atoms with Crippen LogP contribution in [0.3, 0.4) is 0 Å². The van der Waals surface area contributed by atoms with Crippen LogP contribution in [0.25, 0.3) is 10.1 Å². The average molecular weight is 358 g/mol. The second-order valence-electron chi connectivity index (χ2n) is 5.90. The number of hydrogen-bond acceptors (Lipinski definition) is 3. The Labute approximate surface area is 148 Å². The van der Waals surface area contributed by atoms with Crippen molar-refractivity contribution in [2.75, 3.05) is 0 Å². The molecule has 1 amide bonds. The second kappa shape index (κ2) is 7.19. The van der Waals surface area contributed by atoms with E-state index in [2.05, 4.69) is 5.32 Å². The van der Waals surface area contributed by atoms with E-state index < -0.39 is 0 Å². The van der Waals surface area contributed by atoms with Crippen LogP contribution in [-0.2, 0) is 13.1 Å². The minimum Gasteiger partial charge on any atom is -0.348 e. The van der Waals surface area contributed by atoms with Gasteiger partial charge in [0.1, 0.15) is 5.82 Å². The molecule has 0 aliphatic rings. The number of carbonyl (C=O) groups excluding carboxylic acids is 1. The van der Waals surface area contributed by atoms with Crippen molar-refractivity contribution in [3.05, 3.63) is 68.7 Å². The first-order chi connectivity index (χ1) is 12.0. The predicted molar refractivity (Wildman–Crippen MR) is 98.7 cm³/mol. The molecule has 3 rings (SSSR count). The maximum absolute atomic E-state index is 13.3. The van der Waals surface area contributed by atoms with Gasteiger partial charge in [0.2, 0.25) is 0 Å². The normalized spacial score (nSPS) is 11.0. The molecule has 0 spiro atoms. The van der Waals surface area contributed by atoms with E-state index in [0.29, 0.717) is 23.1 Å². The maximum atomic E-state index is 13.3. The van der Waals surface area contributed by atoms with E-state index in [9.17, 15) is 14.0 Å². The van der Waals surface area contributed by atoms with Crippen molar-refractivity contribution in [3.8, 4) is 0 Å². The lowest BCUT2D eigenvalue weighted by Gasteiger charge is -2.07. The molecule has 0 bridgehead atoms. The number of carbonyl (C=O) groups is 1. The van der Waals surface area contributed by atoms with E-state index in [-0.39, 0.29) is 23.8 Å². The summed E-state index contributed by atoms with van der Waals surface area (Å²) in [5, 5.41) is 3.26. The molecular weight excluding hydrogens is 339 g/mol. The third-order valence-electron chi connectivity index (χ3n) is 4.03. The molecule has 2 aromatic heterocycles. The summed E-state index contributed by atoms with van der Waals surface area (Å²) >= 11 is 1.44. The zero-order chi connectivity index (χ0) is 18.0. The van der Waals surface area contributed by atoms with Crippen molar-refractivity contribution in [2.45, 2.75) is 33.4 Å². The summed E-state index contributed by atoms with van der Waals surface area (Å²) in [6, 6.07) is 7.97. The molecule has 130 valence electrons. The van der Waals surface area contributed by atoms with Crippen LogP contribution in [0.5, 0.6) is 0 Å². The number of hydrogen-bond donors (Lipinski definition) is 1. The summed E-state index contributed by atoms with van der Waals surface area (Å²) in [5.74, 6) is -0.647. The van der Waals surface area contributed by atoms with Crippen molar-refractivity contribution in [2.24, 2.45) is 0 Å². The van der Waals surface area contributed by atoms with Crippen LogP contribution in [0.1, 0.15) is 34.1 Å². The second-order valence-corrected chi connectivity index (χ2v) is 7.16. The molecular formula is C19H19FN2O2S. The number of benzene rings is 1. The van der Waals surface area contributed by atoms with Gasteiger partial charge in [-0.1, -0.05) is 19.1 Å². The summed E-state index contributed by atoms with van der Waals surface area (Å²) < 4.78 is 15.7. The first kappa shape index (κ1) is 17.4. The molecule has 1 aromatic carbocycles. The molecule has 0 atom stereocenters. The summed E-state index contributed by atoms with van der Waals surface area (Å²) in [5.41, 5.74) is 0.959. The Hall–Kier alpha value is -2.47. The van der Waals surface area contributed by atoms with Crippen molar-refractivity contribution in [3.63, 3.8) is 0 Å². The minimum absolute atomic E-state index is 0.139. The van der Waals surface area contributed by atoms with Crippen LogP contribution in [0.2, 0.25) is 0 Å².